The molecule has 0 saturated carbocycles. The van der Waals surface area contributed by atoms with Crippen LogP contribution in [0.1, 0.15) is 26.2 Å². The number of aliphatic carboxylic acids is 1. The molecule has 0 aliphatic carbocycles. The van der Waals surface area contributed by atoms with Crippen molar-refractivity contribution in [3.8, 4) is 0 Å². The van der Waals surface area contributed by atoms with Crippen molar-refractivity contribution in [2.75, 3.05) is 13.1 Å². The van der Waals surface area contributed by atoms with Crippen molar-refractivity contribution in [2.24, 2.45) is 0 Å². The van der Waals surface area contributed by atoms with E-state index in [1.165, 1.54) is 4.90 Å². The maximum absolute atomic E-state index is 12.8. The Balaban J connectivity index is 1.81. The van der Waals surface area contributed by atoms with Crippen LogP contribution >= 0.6 is 0 Å². The number of benzene rings is 1. The lowest BCUT2D eigenvalue weighted by Gasteiger charge is -2.34. The second-order valence-electron chi connectivity index (χ2n) is 6.82. The summed E-state index contributed by atoms with van der Waals surface area (Å²) in [4.78, 5) is 49.9. The topological polar surface area (TPSA) is 114 Å². The zero-order valence-corrected chi connectivity index (χ0v) is 15.8. The summed E-state index contributed by atoms with van der Waals surface area (Å²) in [6.45, 7) is 3.30. The van der Waals surface area contributed by atoms with Crippen LogP contribution in [0.15, 0.2) is 29.1 Å². The van der Waals surface area contributed by atoms with Crippen molar-refractivity contribution in [3.05, 3.63) is 34.7 Å². The molecule has 0 bridgehead atoms. The smallest absolute Gasteiger partial charge is 0.329 e. The highest BCUT2D eigenvalue weighted by molar-refractivity contribution is 5.91. The molecule has 2 heterocycles. The first kappa shape index (κ1) is 19.7. The highest BCUT2D eigenvalue weighted by atomic mass is 16.4. The van der Waals surface area contributed by atoms with E-state index in [1.807, 2.05) is 31.2 Å². The minimum atomic E-state index is -1.14. The molecule has 2 N–H and O–H groups in total. The third-order valence-corrected chi connectivity index (χ3v) is 4.94. The number of amides is 2. The molecular weight excluding hydrogens is 364 g/mol. The number of para-hydroxylation sites is 2. The average Bonchev–Trinajstić information content (AvgIpc) is 2.93. The highest BCUT2D eigenvalue weighted by Crippen LogP contribution is 2.15. The van der Waals surface area contributed by atoms with Gasteiger partial charge < -0.3 is 15.3 Å². The second-order valence-corrected chi connectivity index (χ2v) is 6.82. The van der Waals surface area contributed by atoms with Crippen LogP contribution in [-0.2, 0) is 27.5 Å². The lowest BCUT2D eigenvalue weighted by Crippen LogP contribution is -2.57. The monoisotopic (exact) mass is 388 g/mol. The van der Waals surface area contributed by atoms with Crippen molar-refractivity contribution < 1.29 is 19.5 Å². The maximum atomic E-state index is 12.8. The van der Waals surface area contributed by atoms with E-state index in [9.17, 15) is 19.2 Å². The highest BCUT2D eigenvalue weighted by Gasteiger charge is 2.34. The van der Waals surface area contributed by atoms with Gasteiger partial charge in [-0.15, -0.1) is 0 Å². The number of hydrogen-bond donors (Lipinski definition) is 2. The van der Waals surface area contributed by atoms with Crippen LogP contribution in [0.25, 0.3) is 11.0 Å². The Morgan fingerprint density at radius 1 is 1.14 bits per heavy atom. The SMILES string of the molecule is CCCn1c(=O)n(CCC(=O)N2CCNC(=O)[C@H]2CC(=O)O)c2ccccc21. The van der Waals surface area contributed by atoms with Gasteiger partial charge in [-0.1, -0.05) is 19.1 Å². The Bertz CT molecular complexity index is 961. The minimum absolute atomic E-state index is 0.0173. The molecule has 0 radical (unpaired) electrons. The molecule has 1 atom stereocenters. The van der Waals surface area contributed by atoms with E-state index in [2.05, 4.69) is 5.32 Å². The number of aryl methyl sites for hydroxylation is 2. The predicted octanol–water partition coefficient (Wildman–Crippen LogP) is 0.405. The van der Waals surface area contributed by atoms with Crippen molar-refractivity contribution in [1.82, 2.24) is 19.4 Å². The molecule has 28 heavy (non-hydrogen) atoms. The first-order chi connectivity index (χ1) is 13.4. The lowest BCUT2D eigenvalue weighted by atomic mass is 10.1. The minimum Gasteiger partial charge on any atom is -0.481 e. The number of carbonyl (C=O) groups is 3. The van der Waals surface area contributed by atoms with E-state index < -0.39 is 24.3 Å². The van der Waals surface area contributed by atoms with Crippen LogP contribution < -0.4 is 11.0 Å². The van der Waals surface area contributed by atoms with Gasteiger partial charge in [0.1, 0.15) is 6.04 Å². The fraction of sp³-hybridized carbons (Fsp3) is 0.474. The molecule has 0 unspecified atom stereocenters. The third-order valence-electron chi connectivity index (χ3n) is 4.94. The Hall–Kier alpha value is -3.10. The molecule has 9 nitrogen and oxygen atoms in total. The number of nitrogens with one attached hydrogen (secondary N) is 1. The summed E-state index contributed by atoms with van der Waals surface area (Å²) < 4.78 is 3.26. The molecule has 1 aliphatic heterocycles. The summed E-state index contributed by atoms with van der Waals surface area (Å²) in [6.07, 6.45) is 0.392. The molecule has 150 valence electrons. The summed E-state index contributed by atoms with van der Waals surface area (Å²) in [5, 5.41) is 11.6. The first-order valence-electron chi connectivity index (χ1n) is 9.41. The zero-order valence-electron chi connectivity index (χ0n) is 15.8. The van der Waals surface area contributed by atoms with E-state index >= 15 is 0 Å². The number of carbonyl (C=O) groups excluding carboxylic acids is 2. The molecule has 3 rings (SSSR count). The zero-order chi connectivity index (χ0) is 20.3. The Morgan fingerprint density at radius 2 is 1.79 bits per heavy atom. The standard InChI is InChI=1S/C19H24N4O5/c1-2-9-22-13-5-3-4-6-14(13)23(19(22)28)10-7-16(24)21-11-8-20-18(27)15(21)12-17(25)26/h3-6,15H,2,7-12H2,1H3,(H,20,27)(H,25,26)/t15-/m1/s1. The number of nitrogens with zero attached hydrogens (tertiary/aromatic N) is 3. The fourth-order valence-electron chi connectivity index (χ4n) is 3.66. The molecule has 1 saturated heterocycles. The van der Waals surface area contributed by atoms with E-state index in [4.69, 9.17) is 5.11 Å². The van der Waals surface area contributed by atoms with E-state index in [-0.39, 0.29) is 37.7 Å². The van der Waals surface area contributed by atoms with Crippen molar-refractivity contribution in [2.45, 2.75) is 45.3 Å². The van der Waals surface area contributed by atoms with Gasteiger partial charge in [-0.2, -0.15) is 0 Å². The van der Waals surface area contributed by atoms with Gasteiger partial charge >= 0.3 is 11.7 Å². The largest absolute Gasteiger partial charge is 0.481 e. The molecular formula is C19H24N4O5. The Labute approximate surface area is 161 Å². The summed E-state index contributed by atoms with van der Waals surface area (Å²) in [7, 11) is 0. The molecule has 1 aliphatic rings. The number of fused-ring (bicyclic) bond motifs is 1. The molecule has 9 heteroatoms. The quantitative estimate of drug-likeness (QED) is 0.713. The van der Waals surface area contributed by atoms with Crippen molar-refractivity contribution >= 4 is 28.8 Å². The molecule has 2 aromatic rings. The van der Waals surface area contributed by atoms with Gasteiger partial charge in [0, 0.05) is 32.6 Å². The second kappa shape index (κ2) is 8.28. The van der Waals surface area contributed by atoms with Crippen LogP contribution in [0.2, 0.25) is 0 Å². The first-order valence-corrected chi connectivity index (χ1v) is 9.41. The molecule has 0 spiro atoms. The summed E-state index contributed by atoms with van der Waals surface area (Å²) in [5.41, 5.74) is 1.41. The van der Waals surface area contributed by atoms with Gasteiger partial charge in [0.2, 0.25) is 11.8 Å². The Kier molecular flexibility index (Phi) is 5.81. The van der Waals surface area contributed by atoms with Gasteiger partial charge in [0.05, 0.1) is 17.5 Å². The normalized spacial score (nSPS) is 17.0. The van der Waals surface area contributed by atoms with Crippen LogP contribution in [-0.4, -0.2) is 56.1 Å². The van der Waals surface area contributed by atoms with Gasteiger partial charge in [0.15, 0.2) is 0 Å². The van der Waals surface area contributed by atoms with Gasteiger partial charge in [0.25, 0.3) is 0 Å². The number of aromatic nitrogens is 2. The van der Waals surface area contributed by atoms with E-state index in [0.29, 0.717) is 6.54 Å². The van der Waals surface area contributed by atoms with Crippen LogP contribution in [0.5, 0.6) is 0 Å². The molecule has 1 aromatic heterocycles. The van der Waals surface area contributed by atoms with Gasteiger partial charge in [-0.3, -0.25) is 23.5 Å². The molecule has 2 amide bonds. The molecule has 1 aromatic carbocycles. The van der Waals surface area contributed by atoms with Crippen molar-refractivity contribution in [3.63, 3.8) is 0 Å². The maximum Gasteiger partial charge on any atom is 0.329 e. The summed E-state index contributed by atoms with van der Waals surface area (Å²) >= 11 is 0. The fourth-order valence-corrected chi connectivity index (χ4v) is 3.66. The van der Waals surface area contributed by atoms with Gasteiger partial charge in [-0.25, -0.2) is 4.79 Å². The molecule has 1 fully saturated rings. The van der Waals surface area contributed by atoms with Gasteiger partial charge in [-0.05, 0) is 18.6 Å². The lowest BCUT2D eigenvalue weighted by molar-refractivity contribution is -0.148. The van der Waals surface area contributed by atoms with E-state index in [0.717, 1.165) is 17.5 Å². The number of rotatable bonds is 7. The number of piperazine rings is 1. The van der Waals surface area contributed by atoms with E-state index in [1.54, 1.807) is 9.13 Å². The summed E-state index contributed by atoms with van der Waals surface area (Å²) in [5.74, 6) is -1.93. The van der Waals surface area contributed by atoms with Crippen LogP contribution in [0.4, 0.5) is 0 Å². The average molecular weight is 388 g/mol. The number of carboxylic acid groups (broad SMARTS) is 1. The third kappa shape index (κ3) is 3.78. The van der Waals surface area contributed by atoms with Crippen LogP contribution in [0, 0.1) is 0 Å². The Morgan fingerprint density at radius 3 is 2.39 bits per heavy atom. The van der Waals surface area contributed by atoms with Crippen LogP contribution in [0.3, 0.4) is 0 Å². The predicted molar refractivity (Wildman–Crippen MR) is 102 cm³/mol. The number of carboxylic acids is 1. The van der Waals surface area contributed by atoms with Crippen molar-refractivity contribution in [1.29, 1.82) is 0 Å². The number of hydrogen-bond acceptors (Lipinski definition) is 4. The summed E-state index contributed by atoms with van der Waals surface area (Å²) in [6, 6.07) is 6.41. The number of imidazole rings is 1.